The molecule has 70 heavy (non-hydrogen) atoms. The molecule has 0 saturated heterocycles. The van der Waals surface area contributed by atoms with Crippen molar-refractivity contribution in [2.24, 2.45) is 9.98 Å². The van der Waals surface area contributed by atoms with E-state index >= 15 is 0 Å². The van der Waals surface area contributed by atoms with E-state index in [0.29, 0.717) is 29.0 Å². The second kappa shape index (κ2) is 16.6. The van der Waals surface area contributed by atoms with Crippen LogP contribution in [0.1, 0.15) is 58.1 Å². The lowest BCUT2D eigenvalue weighted by Gasteiger charge is -2.31. The van der Waals surface area contributed by atoms with E-state index in [1.54, 1.807) is 0 Å². The minimum absolute atomic E-state index is 0.594. The molecule has 2 heterocycles. The fourth-order valence-electron chi connectivity index (χ4n) is 10.7. The zero-order valence-corrected chi connectivity index (χ0v) is 38.3. The topological polar surface area (TPSA) is 76.5 Å². The van der Waals surface area contributed by atoms with Crippen LogP contribution in [0.3, 0.4) is 0 Å². The first kappa shape index (κ1) is 41.1. The van der Waals surface area contributed by atoms with E-state index in [-0.39, 0.29) is 0 Å². The van der Waals surface area contributed by atoms with Crippen molar-refractivity contribution in [3.05, 3.63) is 270 Å². The maximum atomic E-state index is 6.89. The van der Waals surface area contributed by atoms with Crippen LogP contribution in [-0.2, 0) is 5.41 Å². The van der Waals surface area contributed by atoms with Crippen molar-refractivity contribution in [1.82, 2.24) is 15.0 Å². The SMILES string of the molecule is C=C(N=C(N=C(C)c1ccc2c(c1)C1(c3cc(-c4nc(C5=CC=CCC=C5)nc(-c5ccccc5)n4)ccc3-2)c2ccccc2-c2c1ccc1c2oc2ccccc21)c1ccccc1)c1ccccc1. The number of aromatic nitrogens is 3. The quantitative estimate of drug-likeness (QED) is 0.118. The molecule has 13 rings (SSSR count). The molecule has 0 bridgehead atoms. The van der Waals surface area contributed by atoms with Gasteiger partial charge in [-0.1, -0.05) is 207 Å². The molecular formula is C64H43N5O. The van der Waals surface area contributed by atoms with Crippen molar-refractivity contribution < 1.29 is 4.42 Å². The zero-order valence-electron chi connectivity index (χ0n) is 38.3. The van der Waals surface area contributed by atoms with Crippen LogP contribution >= 0.6 is 0 Å². The van der Waals surface area contributed by atoms with E-state index in [1.165, 1.54) is 11.1 Å². The fraction of sp³-hybridized carbons (Fsp3) is 0.0469. The Morgan fingerprint density at radius 1 is 0.529 bits per heavy atom. The highest BCUT2D eigenvalue weighted by molar-refractivity contribution is 6.15. The molecule has 0 aliphatic heterocycles. The summed E-state index contributed by atoms with van der Waals surface area (Å²) in [7, 11) is 0. The molecule has 1 atom stereocenters. The largest absolute Gasteiger partial charge is 0.455 e. The minimum atomic E-state index is -0.747. The summed E-state index contributed by atoms with van der Waals surface area (Å²) >= 11 is 0. The smallest absolute Gasteiger partial charge is 0.164 e. The van der Waals surface area contributed by atoms with Crippen LogP contribution in [0.2, 0.25) is 0 Å². The van der Waals surface area contributed by atoms with Gasteiger partial charge in [0.15, 0.2) is 23.3 Å². The van der Waals surface area contributed by atoms with Crippen molar-refractivity contribution in [3.63, 3.8) is 0 Å². The predicted octanol–water partition coefficient (Wildman–Crippen LogP) is 15.3. The maximum Gasteiger partial charge on any atom is 0.164 e. The number of hydrogen-bond donors (Lipinski definition) is 0. The summed E-state index contributed by atoms with van der Waals surface area (Å²) in [6.07, 6.45) is 11.4. The summed E-state index contributed by atoms with van der Waals surface area (Å²) in [5.74, 6) is 2.44. The van der Waals surface area contributed by atoms with Gasteiger partial charge >= 0.3 is 0 Å². The van der Waals surface area contributed by atoms with E-state index in [2.05, 4.69) is 147 Å². The molecule has 3 aliphatic carbocycles. The van der Waals surface area contributed by atoms with E-state index in [1.807, 2.05) is 84.9 Å². The van der Waals surface area contributed by atoms with Crippen LogP contribution < -0.4 is 0 Å². The molecular weight excluding hydrogens is 855 g/mol. The number of nitrogens with zero attached hydrogens (tertiary/aromatic N) is 5. The van der Waals surface area contributed by atoms with Gasteiger partial charge < -0.3 is 4.42 Å². The lowest BCUT2D eigenvalue weighted by Crippen LogP contribution is -2.26. The number of para-hydroxylation sites is 1. The van der Waals surface area contributed by atoms with E-state index in [0.717, 1.165) is 101 Å². The van der Waals surface area contributed by atoms with Gasteiger partial charge in [-0.3, -0.25) is 0 Å². The molecule has 6 nitrogen and oxygen atoms in total. The number of furan rings is 1. The summed E-state index contributed by atoms with van der Waals surface area (Å²) in [5.41, 5.74) is 17.3. The van der Waals surface area contributed by atoms with Crippen molar-refractivity contribution in [3.8, 4) is 45.0 Å². The summed E-state index contributed by atoms with van der Waals surface area (Å²) in [6, 6.07) is 65.7. The number of hydrogen-bond acceptors (Lipinski definition) is 5. The Labute approximate surface area is 405 Å². The average molecular weight is 898 g/mol. The van der Waals surface area contributed by atoms with Gasteiger partial charge in [0.2, 0.25) is 0 Å². The van der Waals surface area contributed by atoms with Crippen LogP contribution in [0.15, 0.2) is 239 Å². The van der Waals surface area contributed by atoms with E-state index in [9.17, 15) is 0 Å². The van der Waals surface area contributed by atoms with Crippen LogP contribution in [-0.4, -0.2) is 26.5 Å². The van der Waals surface area contributed by atoms with Crippen molar-refractivity contribution in [1.29, 1.82) is 0 Å². The zero-order chi connectivity index (χ0) is 46.8. The van der Waals surface area contributed by atoms with Crippen LogP contribution in [0.25, 0.3) is 78.2 Å². The number of allylic oxidation sites excluding steroid dienone is 6. The van der Waals surface area contributed by atoms with E-state index < -0.39 is 5.41 Å². The first-order valence-electron chi connectivity index (χ1n) is 23.7. The first-order valence-corrected chi connectivity index (χ1v) is 23.7. The standard InChI is InChI=1S/C64H43N5O/c1-40(42-20-10-5-11-21-42)65-60(43-24-12-6-13-25-43)66-41(2)46-32-34-48-49-35-33-47(63-68-61(44-22-8-3-4-9-23-44)67-62(69-63)45-26-14-7-15-27-45)39-56(49)64(55(48)38-46)53-30-18-16-29-52(53)58-54(64)37-36-51-50-28-17-19-31-57(50)70-59(51)58/h3,5-39H,1,4H2,2H3. The third-order valence-electron chi connectivity index (χ3n) is 13.9. The fourth-order valence-corrected chi connectivity index (χ4v) is 10.7. The molecule has 0 N–H and O–H groups in total. The van der Waals surface area contributed by atoms with Crippen molar-refractivity contribution in [2.75, 3.05) is 0 Å². The lowest BCUT2D eigenvalue weighted by molar-refractivity contribution is 0.669. The van der Waals surface area contributed by atoms with Crippen LogP contribution in [0.4, 0.5) is 0 Å². The second-order valence-electron chi connectivity index (χ2n) is 18.0. The summed E-state index contributed by atoms with van der Waals surface area (Å²) in [5, 5.41) is 2.19. The number of rotatable bonds is 7. The van der Waals surface area contributed by atoms with Crippen molar-refractivity contribution >= 4 is 44.8 Å². The summed E-state index contributed by atoms with van der Waals surface area (Å²) in [6.45, 7) is 6.44. The van der Waals surface area contributed by atoms with Gasteiger partial charge in [-0.15, -0.1) is 0 Å². The number of fused-ring (bicyclic) bond motifs is 14. The van der Waals surface area contributed by atoms with Gasteiger partial charge in [-0.2, -0.15) is 0 Å². The molecule has 8 aromatic carbocycles. The molecule has 10 aromatic rings. The number of benzene rings is 8. The monoisotopic (exact) mass is 897 g/mol. The van der Waals surface area contributed by atoms with Gasteiger partial charge in [0.1, 0.15) is 11.2 Å². The Kier molecular flexibility index (Phi) is 9.73. The molecule has 0 saturated carbocycles. The molecule has 1 unspecified atom stereocenters. The Balaban J connectivity index is 1.05. The molecule has 3 aliphatic rings. The first-order chi connectivity index (χ1) is 34.5. The number of amidine groups is 1. The molecule has 0 amide bonds. The van der Waals surface area contributed by atoms with Crippen LogP contribution in [0, 0.1) is 0 Å². The normalized spacial score (nSPS) is 15.7. The Bertz CT molecular complexity index is 3930. The molecule has 330 valence electrons. The van der Waals surface area contributed by atoms with E-state index in [4.69, 9.17) is 29.4 Å². The highest BCUT2D eigenvalue weighted by atomic mass is 16.3. The Morgan fingerprint density at radius 3 is 2.01 bits per heavy atom. The highest BCUT2D eigenvalue weighted by Gasteiger charge is 2.53. The third kappa shape index (κ3) is 6.60. The molecule has 0 fully saturated rings. The maximum absolute atomic E-state index is 6.89. The van der Waals surface area contributed by atoms with Gasteiger partial charge in [0.25, 0.3) is 0 Å². The summed E-state index contributed by atoms with van der Waals surface area (Å²) in [4.78, 5) is 25.9. The third-order valence-corrected chi connectivity index (χ3v) is 13.9. The molecule has 6 heteroatoms. The second-order valence-corrected chi connectivity index (χ2v) is 18.0. The predicted molar refractivity (Wildman–Crippen MR) is 286 cm³/mol. The summed E-state index contributed by atoms with van der Waals surface area (Å²) < 4.78 is 6.89. The molecule has 2 aromatic heterocycles. The molecule has 0 radical (unpaired) electrons. The molecule has 1 spiro atoms. The lowest BCUT2D eigenvalue weighted by atomic mass is 9.70. The van der Waals surface area contributed by atoms with Gasteiger partial charge in [0.05, 0.1) is 11.1 Å². The highest BCUT2D eigenvalue weighted by Crippen LogP contribution is 2.64. The van der Waals surface area contributed by atoms with Gasteiger partial charge in [-0.25, -0.2) is 24.9 Å². The van der Waals surface area contributed by atoms with Gasteiger partial charge in [0, 0.05) is 44.3 Å². The van der Waals surface area contributed by atoms with Crippen LogP contribution in [0.5, 0.6) is 0 Å². The minimum Gasteiger partial charge on any atom is -0.455 e. The van der Waals surface area contributed by atoms with Crippen molar-refractivity contribution in [2.45, 2.75) is 18.8 Å². The Morgan fingerprint density at radius 2 is 1.20 bits per heavy atom. The Hall–Kier alpha value is -9.13. The average Bonchev–Trinajstić information content (AvgIpc) is 3.94. The number of aliphatic imine (C=N–C) groups is 2. The van der Waals surface area contributed by atoms with Gasteiger partial charge in [-0.05, 0) is 81.6 Å².